The summed E-state index contributed by atoms with van der Waals surface area (Å²) in [6, 6.07) is 11.8. The van der Waals surface area contributed by atoms with Gasteiger partial charge in [0.15, 0.2) is 23.0 Å². The lowest BCUT2D eigenvalue weighted by Crippen LogP contribution is -2.37. The summed E-state index contributed by atoms with van der Waals surface area (Å²) in [5.41, 5.74) is 3.00. The van der Waals surface area contributed by atoms with Crippen molar-refractivity contribution in [2.24, 2.45) is 4.99 Å². The van der Waals surface area contributed by atoms with Crippen LogP contribution in [0.15, 0.2) is 59.4 Å². The molecule has 0 bridgehead atoms. The Labute approximate surface area is 162 Å². The van der Waals surface area contributed by atoms with E-state index in [4.69, 9.17) is 18.9 Å². The van der Waals surface area contributed by atoms with Crippen LogP contribution in [0, 0.1) is 0 Å². The van der Waals surface area contributed by atoms with E-state index in [0.29, 0.717) is 18.0 Å². The van der Waals surface area contributed by atoms with Crippen LogP contribution in [-0.2, 0) is 0 Å². The number of aliphatic imine (C=N–C) groups is 1. The number of rotatable bonds is 4. The van der Waals surface area contributed by atoms with Crippen LogP contribution >= 0.6 is 0 Å². The molecule has 7 heteroatoms. The molecule has 0 unspecified atom stereocenters. The number of ether oxygens (including phenoxy) is 4. The van der Waals surface area contributed by atoms with Gasteiger partial charge in [-0.1, -0.05) is 0 Å². The third kappa shape index (κ3) is 2.55. The van der Waals surface area contributed by atoms with Gasteiger partial charge in [0.1, 0.15) is 5.82 Å². The molecule has 5 rings (SSSR count). The van der Waals surface area contributed by atoms with Crippen LogP contribution in [0.1, 0.15) is 5.56 Å². The van der Waals surface area contributed by atoms with Gasteiger partial charge in [0.2, 0.25) is 6.79 Å². The number of benzene rings is 2. The minimum atomic E-state index is 0.257. The minimum absolute atomic E-state index is 0.257. The van der Waals surface area contributed by atoms with E-state index >= 15 is 0 Å². The number of fused-ring (bicyclic) bond motifs is 2. The summed E-state index contributed by atoms with van der Waals surface area (Å²) < 4.78 is 21.8. The summed E-state index contributed by atoms with van der Waals surface area (Å²) in [4.78, 5) is 4.52. The zero-order chi connectivity index (χ0) is 19.1. The van der Waals surface area contributed by atoms with E-state index in [-0.39, 0.29) is 6.79 Å². The van der Waals surface area contributed by atoms with Gasteiger partial charge in [-0.15, -0.1) is 0 Å². The summed E-state index contributed by atoms with van der Waals surface area (Å²) in [6.07, 6.45) is 5.90. The Balaban J connectivity index is 1.53. The van der Waals surface area contributed by atoms with E-state index < -0.39 is 0 Å². The van der Waals surface area contributed by atoms with Gasteiger partial charge in [-0.3, -0.25) is 5.01 Å². The van der Waals surface area contributed by atoms with E-state index in [1.807, 2.05) is 48.7 Å². The molecule has 3 heterocycles. The Kier molecular flexibility index (Phi) is 3.86. The second kappa shape index (κ2) is 6.53. The van der Waals surface area contributed by atoms with Crippen molar-refractivity contribution < 1.29 is 18.9 Å². The highest BCUT2D eigenvalue weighted by molar-refractivity contribution is 5.88. The maximum Gasteiger partial charge on any atom is 0.231 e. The molecule has 28 heavy (non-hydrogen) atoms. The van der Waals surface area contributed by atoms with Crippen LogP contribution in [0.5, 0.6) is 23.0 Å². The molecule has 0 saturated carbocycles. The van der Waals surface area contributed by atoms with Crippen molar-refractivity contribution in [3.8, 4) is 23.0 Å². The van der Waals surface area contributed by atoms with Gasteiger partial charge in [-0.05, 0) is 42.5 Å². The Morgan fingerprint density at radius 1 is 0.964 bits per heavy atom. The standard InChI is InChI=1S/C21H19N3O4/c1-25-17-5-3-14(11-19(17)26-2)16-7-9-22-21-8-10-23(24(16)21)15-4-6-18-20(12-15)28-13-27-18/h3-9,11-12H,10,13H2,1-2H3. The number of hydrogen-bond acceptors (Lipinski definition) is 7. The summed E-state index contributed by atoms with van der Waals surface area (Å²) in [5, 5.41) is 4.25. The first-order valence-electron chi connectivity index (χ1n) is 8.92. The Hall–Kier alpha value is -3.61. The predicted octanol–water partition coefficient (Wildman–Crippen LogP) is 3.44. The number of nitrogens with zero attached hydrogens (tertiary/aromatic N) is 3. The molecule has 0 aromatic heterocycles. The summed E-state index contributed by atoms with van der Waals surface area (Å²) in [6.45, 7) is 0.962. The summed E-state index contributed by atoms with van der Waals surface area (Å²) in [5.74, 6) is 3.78. The van der Waals surface area contributed by atoms with Crippen molar-refractivity contribution in [2.75, 3.05) is 32.6 Å². The normalized spacial score (nSPS) is 16.6. The third-order valence-corrected chi connectivity index (χ3v) is 4.91. The zero-order valence-corrected chi connectivity index (χ0v) is 15.6. The van der Waals surface area contributed by atoms with Crippen LogP contribution in [-0.4, -0.2) is 38.8 Å². The van der Waals surface area contributed by atoms with Crippen LogP contribution < -0.4 is 24.0 Å². The fourth-order valence-electron chi connectivity index (χ4n) is 3.56. The molecule has 3 aliphatic rings. The van der Waals surface area contributed by atoms with Gasteiger partial charge >= 0.3 is 0 Å². The maximum absolute atomic E-state index is 5.54. The first-order valence-corrected chi connectivity index (χ1v) is 8.92. The molecule has 2 aromatic rings. The second-order valence-electron chi connectivity index (χ2n) is 6.39. The molecular formula is C21H19N3O4. The van der Waals surface area contributed by atoms with Gasteiger partial charge in [0, 0.05) is 17.8 Å². The van der Waals surface area contributed by atoms with Crippen LogP contribution in [0.4, 0.5) is 5.69 Å². The highest BCUT2D eigenvalue weighted by atomic mass is 16.7. The molecule has 7 nitrogen and oxygen atoms in total. The average Bonchev–Trinajstić information content (AvgIpc) is 3.39. The van der Waals surface area contributed by atoms with Crippen molar-refractivity contribution in [2.45, 2.75) is 0 Å². The van der Waals surface area contributed by atoms with Crippen molar-refractivity contribution in [3.63, 3.8) is 0 Å². The Morgan fingerprint density at radius 3 is 2.68 bits per heavy atom. The molecule has 0 radical (unpaired) electrons. The number of anilines is 1. The SMILES string of the molecule is COc1ccc(C2=CC=NC3=CCN(c4ccc5c(c4)OCO5)N32)cc1OC. The first kappa shape index (κ1) is 16.6. The molecule has 0 atom stereocenters. The van der Waals surface area contributed by atoms with Crippen LogP contribution in [0.25, 0.3) is 5.70 Å². The lowest BCUT2D eigenvalue weighted by atomic mass is 10.1. The minimum Gasteiger partial charge on any atom is -0.493 e. The van der Waals surface area contributed by atoms with Crippen molar-refractivity contribution in [3.05, 3.63) is 59.9 Å². The molecule has 0 amide bonds. The first-order chi connectivity index (χ1) is 13.8. The molecular weight excluding hydrogens is 358 g/mol. The Morgan fingerprint density at radius 2 is 1.82 bits per heavy atom. The number of allylic oxidation sites excluding steroid dienone is 1. The quantitative estimate of drug-likeness (QED) is 0.814. The van der Waals surface area contributed by atoms with Crippen molar-refractivity contribution in [1.82, 2.24) is 5.01 Å². The highest BCUT2D eigenvalue weighted by Gasteiger charge is 2.31. The number of hydrazine groups is 1. The number of hydrogen-bond donors (Lipinski definition) is 0. The monoisotopic (exact) mass is 377 g/mol. The number of methoxy groups -OCH3 is 2. The fraction of sp³-hybridized carbons (Fsp3) is 0.190. The average molecular weight is 377 g/mol. The van der Waals surface area contributed by atoms with Gasteiger partial charge in [-0.25, -0.2) is 10.0 Å². The summed E-state index contributed by atoms with van der Waals surface area (Å²) >= 11 is 0. The van der Waals surface area contributed by atoms with Crippen molar-refractivity contribution >= 4 is 17.6 Å². The maximum atomic E-state index is 5.54. The van der Waals surface area contributed by atoms with Crippen LogP contribution in [0.2, 0.25) is 0 Å². The third-order valence-electron chi connectivity index (χ3n) is 4.91. The smallest absolute Gasteiger partial charge is 0.231 e. The van der Waals surface area contributed by atoms with E-state index in [1.54, 1.807) is 14.2 Å². The van der Waals surface area contributed by atoms with Crippen LogP contribution in [0.3, 0.4) is 0 Å². The van der Waals surface area contributed by atoms with E-state index in [9.17, 15) is 0 Å². The highest BCUT2D eigenvalue weighted by Crippen LogP contribution is 2.41. The molecule has 0 N–H and O–H groups in total. The molecule has 3 aliphatic heterocycles. The second-order valence-corrected chi connectivity index (χ2v) is 6.39. The van der Waals surface area contributed by atoms with E-state index in [0.717, 1.165) is 34.3 Å². The molecule has 0 aliphatic carbocycles. The van der Waals surface area contributed by atoms with Gasteiger partial charge < -0.3 is 18.9 Å². The van der Waals surface area contributed by atoms with Crippen molar-refractivity contribution in [1.29, 1.82) is 0 Å². The lowest BCUT2D eigenvalue weighted by molar-refractivity contribution is 0.174. The largest absolute Gasteiger partial charge is 0.493 e. The molecule has 0 spiro atoms. The van der Waals surface area contributed by atoms with E-state index in [2.05, 4.69) is 21.1 Å². The van der Waals surface area contributed by atoms with Gasteiger partial charge in [0.05, 0.1) is 32.1 Å². The fourth-order valence-corrected chi connectivity index (χ4v) is 3.56. The predicted molar refractivity (Wildman–Crippen MR) is 106 cm³/mol. The molecule has 0 fully saturated rings. The zero-order valence-electron chi connectivity index (χ0n) is 15.6. The molecule has 142 valence electrons. The van der Waals surface area contributed by atoms with Gasteiger partial charge in [-0.2, -0.15) is 0 Å². The Bertz CT molecular complexity index is 1030. The topological polar surface area (TPSA) is 55.8 Å². The molecule has 0 saturated heterocycles. The summed E-state index contributed by atoms with van der Waals surface area (Å²) in [7, 11) is 3.27. The lowest BCUT2D eigenvalue weighted by Gasteiger charge is -2.35. The van der Waals surface area contributed by atoms with E-state index in [1.165, 1.54) is 0 Å². The van der Waals surface area contributed by atoms with Gasteiger partial charge in [0.25, 0.3) is 0 Å². The molecule has 2 aromatic carbocycles.